The summed E-state index contributed by atoms with van der Waals surface area (Å²) in [6, 6.07) is 4.89. The number of carboxylic acids is 1. The van der Waals surface area contributed by atoms with Crippen LogP contribution in [-0.2, 0) is 6.42 Å². The third-order valence-corrected chi connectivity index (χ3v) is 2.16. The quantitative estimate of drug-likeness (QED) is 0.835. The number of rotatable bonds is 3. The summed E-state index contributed by atoms with van der Waals surface area (Å²) in [7, 11) is 0. The Morgan fingerprint density at radius 1 is 1.50 bits per heavy atom. The lowest BCUT2D eigenvalue weighted by atomic mass is 9.98. The van der Waals surface area contributed by atoms with Gasteiger partial charge in [0.1, 0.15) is 0 Å². The molecule has 1 aromatic carbocycles. The number of halogens is 1. The van der Waals surface area contributed by atoms with Crippen LogP contribution < -0.4 is 0 Å². The minimum Gasteiger partial charge on any atom is -0.478 e. The van der Waals surface area contributed by atoms with Gasteiger partial charge in [0.2, 0.25) is 0 Å². The monoisotopic (exact) mass is 212 g/mol. The van der Waals surface area contributed by atoms with Crippen molar-refractivity contribution in [2.24, 2.45) is 5.92 Å². The topological polar surface area (TPSA) is 37.3 Å². The number of carbonyl (C=O) groups is 1. The van der Waals surface area contributed by atoms with Crippen molar-refractivity contribution in [2.45, 2.75) is 20.3 Å². The molecule has 76 valence electrons. The van der Waals surface area contributed by atoms with Crippen LogP contribution in [0.5, 0.6) is 0 Å². The van der Waals surface area contributed by atoms with Crippen molar-refractivity contribution in [2.75, 3.05) is 0 Å². The third kappa shape index (κ3) is 2.74. The smallest absolute Gasteiger partial charge is 0.335 e. The van der Waals surface area contributed by atoms with E-state index in [2.05, 4.69) is 0 Å². The van der Waals surface area contributed by atoms with Gasteiger partial charge in [-0.2, -0.15) is 0 Å². The summed E-state index contributed by atoms with van der Waals surface area (Å²) in [6.45, 7) is 4.10. The van der Waals surface area contributed by atoms with E-state index in [4.69, 9.17) is 16.7 Å². The zero-order valence-electron chi connectivity index (χ0n) is 8.25. The molecule has 1 rings (SSSR count). The lowest BCUT2D eigenvalue weighted by Crippen LogP contribution is -2.05. The minimum absolute atomic E-state index is 0.350. The molecule has 0 saturated carbocycles. The second-order valence-electron chi connectivity index (χ2n) is 3.70. The molecule has 0 aliphatic rings. The van der Waals surface area contributed by atoms with Crippen molar-refractivity contribution in [3.8, 4) is 0 Å². The molecule has 2 nitrogen and oxygen atoms in total. The third-order valence-electron chi connectivity index (χ3n) is 1.93. The predicted molar refractivity (Wildman–Crippen MR) is 57.0 cm³/mol. The Morgan fingerprint density at radius 3 is 2.64 bits per heavy atom. The summed E-state index contributed by atoms with van der Waals surface area (Å²) in [4.78, 5) is 10.9. The first kappa shape index (κ1) is 11.1. The van der Waals surface area contributed by atoms with Crippen LogP contribution in [0.2, 0.25) is 5.02 Å². The summed E-state index contributed by atoms with van der Waals surface area (Å²) >= 11 is 5.81. The van der Waals surface area contributed by atoms with Gasteiger partial charge in [-0.25, -0.2) is 4.79 Å². The molecule has 3 heteroatoms. The lowest BCUT2D eigenvalue weighted by molar-refractivity contribution is 0.0695. The van der Waals surface area contributed by atoms with Crippen molar-refractivity contribution in [1.29, 1.82) is 0 Å². The summed E-state index contributed by atoms with van der Waals surface area (Å²) in [6.07, 6.45) is 0.738. The Kier molecular flexibility index (Phi) is 3.53. The largest absolute Gasteiger partial charge is 0.478 e. The van der Waals surface area contributed by atoms with Crippen molar-refractivity contribution in [3.05, 3.63) is 34.3 Å². The molecular weight excluding hydrogens is 200 g/mol. The Bertz CT molecular complexity index is 345. The Balaban J connectivity index is 3.09. The molecule has 0 radical (unpaired) electrons. The van der Waals surface area contributed by atoms with E-state index in [1.165, 1.54) is 0 Å². The SMILES string of the molecule is CC(C)Cc1cc(Cl)ccc1C(=O)O. The number of carboxylic acid groups (broad SMARTS) is 1. The number of aromatic carboxylic acids is 1. The molecular formula is C11H13ClO2. The van der Waals surface area contributed by atoms with Crippen LogP contribution in [0.4, 0.5) is 0 Å². The van der Waals surface area contributed by atoms with E-state index in [0.29, 0.717) is 16.5 Å². The molecule has 0 bridgehead atoms. The van der Waals surface area contributed by atoms with E-state index in [1.54, 1.807) is 18.2 Å². The van der Waals surface area contributed by atoms with Gasteiger partial charge >= 0.3 is 5.97 Å². The second kappa shape index (κ2) is 4.47. The summed E-state index contributed by atoms with van der Waals surface area (Å²) < 4.78 is 0. The summed E-state index contributed by atoms with van der Waals surface area (Å²) in [5, 5.41) is 9.51. The van der Waals surface area contributed by atoms with Crippen LogP contribution in [0.3, 0.4) is 0 Å². The zero-order valence-corrected chi connectivity index (χ0v) is 9.01. The average molecular weight is 213 g/mol. The van der Waals surface area contributed by atoms with Crippen LogP contribution in [0, 0.1) is 5.92 Å². The van der Waals surface area contributed by atoms with E-state index in [0.717, 1.165) is 12.0 Å². The molecule has 0 fully saturated rings. The maximum absolute atomic E-state index is 10.9. The second-order valence-corrected chi connectivity index (χ2v) is 4.14. The highest BCUT2D eigenvalue weighted by Gasteiger charge is 2.11. The van der Waals surface area contributed by atoms with Gasteiger partial charge in [-0.15, -0.1) is 0 Å². The van der Waals surface area contributed by atoms with Gasteiger partial charge in [0.05, 0.1) is 5.56 Å². The molecule has 14 heavy (non-hydrogen) atoms. The summed E-state index contributed by atoms with van der Waals surface area (Å²) in [5.74, 6) is -0.469. The molecule has 0 aliphatic heterocycles. The van der Waals surface area contributed by atoms with Crippen LogP contribution in [0.15, 0.2) is 18.2 Å². The summed E-state index contributed by atoms with van der Waals surface area (Å²) in [5.41, 5.74) is 1.16. The van der Waals surface area contributed by atoms with Crippen LogP contribution in [0.25, 0.3) is 0 Å². The van der Waals surface area contributed by atoms with E-state index >= 15 is 0 Å². The minimum atomic E-state index is -0.891. The molecule has 0 aliphatic carbocycles. The Labute approximate surface area is 88.5 Å². The van der Waals surface area contributed by atoms with Gasteiger partial charge in [-0.1, -0.05) is 25.4 Å². The van der Waals surface area contributed by atoms with Crippen LogP contribution in [-0.4, -0.2) is 11.1 Å². The van der Waals surface area contributed by atoms with Crippen molar-refractivity contribution in [3.63, 3.8) is 0 Å². The first-order chi connectivity index (χ1) is 6.50. The molecule has 0 aromatic heterocycles. The molecule has 0 spiro atoms. The standard InChI is InChI=1S/C11H13ClO2/c1-7(2)5-8-6-9(12)3-4-10(8)11(13)14/h3-4,6-7H,5H2,1-2H3,(H,13,14). The number of hydrogen-bond donors (Lipinski definition) is 1. The van der Waals surface area contributed by atoms with Gasteiger partial charge in [0.25, 0.3) is 0 Å². The molecule has 0 saturated heterocycles. The molecule has 0 heterocycles. The van der Waals surface area contributed by atoms with Crippen molar-refractivity contribution >= 4 is 17.6 Å². The van der Waals surface area contributed by atoms with Crippen molar-refractivity contribution < 1.29 is 9.90 Å². The molecule has 0 atom stereocenters. The fraction of sp³-hybridized carbons (Fsp3) is 0.364. The van der Waals surface area contributed by atoms with E-state index in [1.807, 2.05) is 13.8 Å². The first-order valence-corrected chi connectivity index (χ1v) is 4.90. The maximum Gasteiger partial charge on any atom is 0.335 e. The highest BCUT2D eigenvalue weighted by Crippen LogP contribution is 2.19. The number of hydrogen-bond acceptors (Lipinski definition) is 1. The van der Waals surface area contributed by atoms with Gasteiger partial charge in [0.15, 0.2) is 0 Å². The normalized spacial score (nSPS) is 10.6. The average Bonchev–Trinajstić information content (AvgIpc) is 2.01. The number of benzene rings is 1. The van der Waals surface area contributed by atoms with Gasteiger partial charge in [-0.3, -0.25) is 0 Å². The highest BCUT2D eigenvalue weighted by atomic mass is 35.5. The Morgan fingerprint density at radius 2 is 2.14 bits per heavy atom. The highest BCUT2D eigenvalue weighted by molar-refractivity contribution is 6.30. The fourth-order valence-corrected chi connectivity index (χ4v) is 1.57. The van der Waals surface area contributed by atoms with Crippen LogP contribution in [0.1, 0.15) is 29.8 Å². The first-order valence-electron chi connectivity index (χ1n) is 4.52. The van der Waals surface area contributed by atoms with E-state index in [9.17, 15) is 4.79 Å². The van der Waals surface area contributed by atoms with Gasteiger partial charge in [-0.05, 0) is 36.1 Å². The van der Waals surface area contributed by atoms with Crippen molar-refractivity contribution in [1.82, 2.24) is 0 Å². The molecule has 0 unspecified atom stereocenters. The predicted octanol–water partition coefficient (Wildman–Crippen LogP) is 3.24. The van der Waals surface area contributed by atoms with Gasteiger partial charge in [0, 0.05) is 5.02 Å². The maximum atomic E-state index is 10.9. The zero-order chi connectivity index (χ0) is 10.7. The van der Waals surface area contributed by atoms with E-state index in [-0.39, 0.29) is 0 Å². The molecule has 1 aromatic rings. The molecule has 0 amide bonds. The fourth-order valence-electron chi connectivity index (χ4n) is 1.38. The van der Waals surface area contributed by atoms with E-state index < -0.39 is 5.97 Å². The Hall–Kier alpha value is -1.02. The molecule has 1 N–H and O–H groups in total. The van der Waals surface area contributed by atoms with Crippen LogP contribution >= 0.6 is 11.6 Å². The van der Waals surface area contributed by atoms with Gasteiger partial charge < -0.3 is 5.11 Å². The lowest BCUT2D eigenvalue weighted by Gasteiger charge is -2.08.